The largest absolute Gasteiger partial charge is 0.351 e. The number of hydrazine groups is 1. The first kappa shape index (κ1) is 14.7. The molecule has 3 rings (SSSR count). The number of carbonyl (C=O) groups is 1. The van der Waals surface area contributed by atoms with Gasteiger partial charge in [-0.15, -0.1) is 0 Å². The van der Waals surface area contributed by atoms with E-state index in [0.717, 1.165) is 11.3 Å². The Hall–Kier alpha value is -2.24. The van der Waals surface area contributed by atoms with Gasteiger partial charge in [0.05, 0.1) is 11.7 Å². The highest BCUT2D eigenvalue weighted by Gasteiger charge is 2.30. The minimum absolute atomic E-state index is 0.00602. The molecular formula is C17H20N4O. The summed E-state index contributed by atoms with van der Waals surface area (Å²) in [5.41, 5.74) is 9.45. The Kier molecular flexibility index (Phi) is 4.46. The minimum Gasteiger partial charge on any atom is -0.351 e. The molecule has 0 aliphatic carbocycles. The van der Waals surface area contributed by atoms with Crippen molar-refractivity contribution in [2.24, 2.45) is 0 Å². The second kappa shape index (κ2) is 6.68. The van der Waals surface area contributed by atoms with Gasteiger partial charge in [-0.2, -0.15) is 0 Å². The number of amides is 1. The summed E-state index contributed by atoms with van der Waals surface area (Å²) in [6.07, 6.45) is 2.46. The van der Waals surface area contributed by atoms with Gasteiger partial charge in [-0.05, 0) is 31.0 Å². The molecule has 0 spiro atoms. The predicted molar refractivity (Wildman–Crippen MR) is 84.7 cm³/mol. The number of carbonyl (C=O) groups excluding carboxylic acids is 1. The molecule has 1 aromatic heterocycles. The van der Waals surface area contributed by atoms with E-state index in [1.54, 1.807) is 6.20 Å². The van der Waals surface area contributed by atoms with Crippen molar-refractivity contribution in [3.63, 3.8) is 0 Å². The van der Waals surface area contributed by atoms with Gasteiger partial charge in [0, 0.05) is 12.7 Å². The Morgan fingerprint density at radius 2 is 2.05 bits per heavy atom. The molecule has 114 valence electrons. The SMILES string of the molecule is Cc1ccc(CNC(=O)C2CC(c3ccccn3)NN2)cc1. The van der Waals surface area contributed by atoms with Crippen LogP contribution >= 0.6 is 0 Å². The first-order valence-electron chi connectivity index (χ1n) is 7.47. The molecular weight excluding hydrogens is 276 g/mol. The summed E-state index contributed by atoms with van der Waals surface area (Å²) in [5.74, 6) is 0.00602. The molecule has 2 aromatic rings. The van der Waals surface area contributed by atoms with Gasteiger partial charge in [-0.25, -0.2) is 10.9 Å². The number of rotatable bonds is 4. The summed E-state index contributed by atoms with van der Waals surface area (Å²) < 4.78 is 0. The molecule has 1 aliphatic heterocycles. The van der Waals surface area contributed by atoms with Crippen molar-refractivity contribution in [2.45, 2.75) is 32.0 Å². The lowest BCUT2D eigenvalue weighted by molar-refractivity contribution is -0.123. The van der Waals surface area contributed by atoms with Gasteiger partial charge in [-0.1, -0.05) is 35.9 Å². The second-order valence-electron chi connectivity index (χ2n) is 5.59. The molecule has 1 fully saturated rings. The van der Waals surface area contributed by atoms with Gasteiger partial charge in [0.15, 0.2) is 0 Å². The van der Waals surface area contributed by atoms with Crippen LogP contribution in [0.5, 0.6) is 0 Å². The number of hydrogen-bond donors (Lipinski definition) is 3. The Balaban J connectivity index is 1.52. The van der Waals surface area contributed by atoms with E-state index < -0.39 is 0 Å². The molecule has 0 bridgehead atoms. The number of aromatic nitrogens is 1. The molecule has 1 saturated heterocycles. The summed E-state index contributed by atoms with van der Waals surface area (Å²) in [6, 6.07) is 13.8. The van der Waals surface area contributed by atoms with Gasteiger partial charge in [0.25, 0.3) is 0 Å². The highest BCUT2D eigenvalue weighted by atomic mass is 16.2. The zero-order valence-corrected chi connectivity index (χ0v) is 12.5. The number of nitrogens with zero attached hydrogens (tertiary/aromatic N) is 1. The summed E-state index contributed by atoms with van der Waals surface area (Å²) in [6.45, 7) is 2.60. The van der Waals surface area contributed by atoms with Gasteiger partial charge in [0.2, 0.25) is 5.91 Å². The lowest BCUT2D eigenvalue weighted by Crippen LogP contribution is -2.42. The van der Waals surface area contributed by atoms with Gasteiger partial charge < -0.3 is 5.32 Å². The number of pyridine rings is 1. The Morgan fingerprint density at radius 1 is 1.23 bits per heavy atom. The maximum Gasteiger partial charge on any atom is 0.238 e. The number of aryl methyl sites for hydroxylation is 1. The first-order valence-corrected chi connectivity index (χ1v) is 7.47. The Bertz CT molecular complexity index is 627. The van der Waals surface area contributed by atoms with E-state index in [1.807, 2.05) is 49.4 Å². The lowest BCUT2D eigenvalue weighted by Gasteiger charge is -2.10. The summed E-state index contributed by atoms with van der Waals surface area (Å²) >= 11 is 0. The van der Waals surface area contributed by atoms with Crippen LogP contribution in [0.3, 0.4) is 0 Å². The van der Waals surface area contributed by atoms with E-state index in [1.165, 1.54) is 5.56 Å². The normalized spacial score (nSPS) is 20.8. The molecule has 0 radical (unpaired) electrons. The van der Waals surface area contributed by atoms with E-state index in [9.17, 15) is 4.79 Å². The number of hydrogen-bond acceptors (Lipinski definition) is 4. The third-order valence-corrected chi connectivity index (χ3v) is 3.85. The molecule has 3 N–H and O–H groups in total. The van der Waals surface area contributed by atoms with Crippen molar-refractivity contribution in [2.75, 3.05) is 0 Å². The van der Waals surface area contributed by atoms with Crippen LogP contribution in [0, 0.1) is 6.92 Å². The average molecular weight is 296 g/mol. The quantitative estimate of drug-likeness (QED) is 0.802. The van der Waals surface area contributed by atoms with E-state index in [2.05, 4.69) is 21.2 Å². The van der Waals surface area contributed by atoms with E-state index in [4.69, 9.17) is 0 Å². The van der Waals surface area contributed by atoms with Crippen LogP contribution in [0.25, 0.3) is 0 Å². The van der Waals surface area contributed by atoms with E-state index in [-0.39, 0.29) is 18.0 Å². The van der Waals surface area contributed by atoms with Crippen molar-refractivity contribution in [3.05, 3.63) is 65.5 Å². The van der Waals surface area contributed by atoms with Crippen molar-refractivity contribution < 1.29 is 4.79 Å². The van der Waals surface area contributed by atoms with Gasteiger partial charge in [-0.3, -0.25) is 9.78 Å². The molecule has 1 aromatic carbocycles. The molecule has 2 heterocycles. The van der Waals surface area contributed by atoms with Crippen LogP contribution in [-0.4, -0.2) is 16.9 Å². The van der Waals surface area contributed by atoms with Gasteiger partial charge in [0.1, 0.15) is 6.04 Å². The zero-order valence-electron chi connectivity index (χ0n) is 12.5. The molecule has 0 saturated carbocycles. The molecule has 2 unspecified atom stereocenters. The lowest BCUT2D eigenvalue weighted by atomic mass is 10.1. The smallest absolute Gasteiger partial charge is 0.238 e. The van der Waals surface area contributed by atoms with Gasteiger partial charge >= 0.3 is 0 Å². The van der Waals surface area contributed by atoms with E-state index in [0.29, 0.717) is 13.0 Å². The highest BCUT2D eigenvalue weighted by Crippen LogP contribution is 2.20. The van der Waals surface area contributed by atoms with Crippen LogP contribution in [0.15, 0.2) is 48.7 Å². The van der Waals surface area contributed by atoms with Crippen molar-refractivity contribution in [1.29, 1.82) is 0 Å². The number of nitrogens with one attached hydrogen (secondary N) is 3. The summed E-state index contributed by atoms with van der Waals surface area (Å²) in [7, 11) is 0. The topological polar surface area (TPSA) is 66.0 Å². The fourth-order valence-corrected chi connectivity index (χ4v) is 2.52. The first-order chi connectivity index (χ1) is 10.7. The molecule has 5 heteroatoms. The van der Waals surface area contributed by atoms with E-state index >= 15 is 0 Å². The van der Waals surface area contributed by atoms with Crippen LogP contribution < -0.4 is 16.2 Å². The summed E-state index contributed by atoms with van der Waals surface area (Å²) in [5, 5.41) is 2.97. The fraction of sp³-hybridized carbons (Fsp3) is 0.294. The third-order valence-electron chi connectivity index (χ3n) is 3.85. The van der Waals surface area contributed by atoms with Crippen LogP contribution in [0.1, 0.15) is 29.3 Å². The Morgan fingerprint density at radius 3 is 2.77 bits per heavy atom. The average Bonchev–Trinajstić information content (AvgIpc) is 3.05. The molecule has 1 aliphatic rings. The maximum absolute atomic E-state index is 12.2. The summed E-state index contributed by atoms with van der Waals surface area (Å²) in [4.78, 5) is 16.6. The predicted octanol–water partition coefficient (Wildman–Crippen LogP) is 1.61. The maximum atomic E-state index is 12.2. The minimum atomic E-state index is -0.238. The molecule has 1 amide bonds. The van der Waals surface area contributed by atoms with Crippen LogP contribution in [0.2, 0.25) is 0 Å². The fourth-order valence-electron chi connectivity index (χ4n) is 2.52. The highest BCUT2D eigenvalue weighted by molar-refractivity contribution is 5.82. The monoisotopic (exact) mass is 296 g/mol. The second-order valence-corrected chi connectivity index (χ2v) is 5.59. The zero-order chi connectivity index (χ0) is 15.4. The standard InChI is InChI=1S/C17H20N4O/c1-12-5-7-13(8-6-12)11-19-17(22)16-10-15(20-21-16)14-4-2-3-9-18-14/h2-9,15-16,20-21H,10-11H2,1H3,(H,19,22). The molecule has 2 atom stereocenters. The van der Waals surface area contributed by atoms with Crippen LogP contribution in [-0.2, 0) is 11.3 Å². The number of benzene rings is 1. The van der Waals surface area contributed by atoms with Crippen molar-refractivity contribution in [1.82, 2.24) is 21.2 Å². The Labute approximate surface area is 130 Å². The van der Waals surface area contributed by atoms with Crippen molar-refractivity contribution in [3.8, 4) is 0 Å². The van der Waals surface area contributed by atoms with Crippen molar-refractivity contribution >= 4 is 5.91 Å². The molecule has 22 heavy (non-hydrogen) atoms. The molecule has 5 nitrogen and oxygen atoms in total. The third kappa shape index (κ3) is 3.50. The van der Waals surface area contributed by atoms with Crippen LogP contribution in [0.4, 0.5) is 0 Å².